The lowest BCUT2D eigenvalue weighted by atomic mass is 9.98. The largest absolute Gasteiger partial charge is 0.326 e. The molecule has 39 heavy (non-hydrogen) atoms. The first-order valence-electron chi connectivity index (χ1n) is 13.4. The molecule has 3 aromatic rings. The first-order chi connectivity index (χ1) is 18.6. The van der Waals surface area contributed by atoms with E-state index in [-0.39, 0.29) is 29.8 Å². The summed E-state index contributed by atoms with van der Waals surface area (Å²) in [5.74, 6) is -0.763. The third-order valence-corrected chi connectivity index (χ3v) is 9.91. The normalized spacial score (nSPS) is 17.7. The molecule has 3 heterocycles. The second-order valence-corrected chi connectivity index (χ2v) is 12.5. The number of rotatable bonds is 6. The minimum Gasteiger partial charge on any atom is -0.326 e. The van der Waals surface area contributed by atoms with Crippen molar-refractivity contribution in [1.82, 2.24) is 14.1 Å². The number of anilines is 2. The molecule has 1 atom stereocenters. The van der Waals surface area contributed by atoms with E-state index in [1.165, 1.54) is 8.99 Å². The maximum Gasteiger partial charge on any atom is 0.248 e. The summed E-state index contributed by atoms with van der Waals surface area (Å²) in [6, 6.07) is 13.7. The third kappa shape index (κ3) is 5.23. The number of nitrogens with zero attached hydrogens (tertiary/aromatic N) is 4. The van der Waals surface area contributed by atoms with Crippen LogP contribution in [0.5, 0.6) is 0 Å². The molecule has 2 aromatic carbocycles. The van der Waals surface area contributed by atoms with Gasteiger partial charge in [0.1, 0.15) is 11.4 Å². The van der Waals surface area contributed by atoms with Gasteiger partial charge < -0.3 is 10.2 Å². The molecular formula is C29H35N5O4S. The van der Waals surface area contributed by atoms with E-state index in [9.17, 15) is 18.0 Å². The Hall–Kier alpha value is -3.50. The van der Waals surface area contributed by atoms with Gasteiger partial charge >= 0.3 is 0 Å². The highest BCUT2D eigenvalue weighted by atomic mass is 32.2. The summed E-state index contributed by atoms with van der Waals surface area (Å²) < 4.78 is 30.5. The standard InChI is InChI=1S/C29H35N5O4S/c1-19-11-12-20(2)25(16-19)30-29(36)24-9-7-14-32(17-24)39(37,38)28-21(3)31-34(22(28)4)18-27(35)33-15-13-23-8-5-6-10-26(23)33/h5-6,8,10-12,16,24H,7,9,13-15,17-18H2,1-4H3,(H,30,36). The molecule has 1 fully saturated rings. The molecule has 1 N–H and O–H groups in total. The van der Waals surface area contributed by atoms with Gasteiger partial charge in [-0.25, -0.2) is 8.42 Å². The van der Waals surface area contributed by atoms with Crippen molar-refractivity contribution in [2.45, 2.75) is 58.4 Å². The highest BCUT2D eigenvalue weighted by molar-refractivity contribution is 7.89. The maximum absolute atomic E-state index is 13.8. The van der Waals surface area contributed by atoms with Crippen LogP contribution in [-0.4, -0.2) is 54.0 Å². The number of aromatic nitrogens is 2. The smallest absolute Gasteiger partial charge is 0.248 e. The van der Waals surface area contributed by atoms with E-state index in [0.29, 0.717) is 37.3 Å². The second-order valence-electron chi connectivity index (χ2n) is 10.6. The Morgan fingerprint density at radius 2 is 1.82 bits per heavy atom. The summed E-state index contributed by atoms with van der Waals surface area (Å²) in [6.07, 6.45) is 2.00. The lowest BCUT2D eigenvalue weighted by molar-refractivity contribution is -0.121. The number of para-hydroxylation sites is 1. The van der Waals surface area contributed by atoms with Crippen LogP contribution >= 0.6 is 0 Å². The molecule has 5 rings (SSSR count). The van der Waals surface area contributed by atoms with E-state index in [4.69, 9.17) is 0 Å². The van der Waals surface area contributed by atoms with Crippen LogP contribution in [0.3, 0.4) is 0 Å². The molecule has 1 saturated heterocycles. The van der Waals surface area contributed by atoms with Gasteiger partial charge in [-0.2, -0.15) is 9.40 Å². The number of carbonyl (C=O) groups excluding carboxylic acids is 2. The molecule has 9 nitrogen and oxygen atoms in total. The van der Waals surface area contributed by atoms with Crippen molar-refractivity contribution >= 4 is 33.2 Å². The molecule has 0 aliphatic carbocycles. The number of piperidine rings is 1. The highest BCUT2D eigenvalue weighted by Crippen LogP contribution is 2.30. The van der Waals surface area contributed by atoms with Crippen molar-refractivity contribution in [1.29, 1.82) is 0 Å². The fraction of sp³-hybridized carbons (Fsp3) is 0.414. The number of benzene rings is 2. The van der Waals surface area contributed by atoms with Gasteiger partial charge in [-0.15, -0.1) is 0 Å². The number of hydrogen-bond donors (Lipinski definition) is 1. The zero-order valence-corrected chi connectivity index (χ0v) is 23.7. The fourth-order valence-electron chi connectivity index (χ4n) is 5.63. The minimum atomic E-state index is -3.92. The van der Waals surface area contributed by atoms with E-state index in [2.05, 4.69) is 10.4 Å². The second kappa shape index (κ2) is 10.6. The molecule has 1 unspecified atom stereocenters. The summed E-state index contributed by atoms with van der Waals surface area (Å²) in [7, 11) is -3.92. The van der Waals surface area contributed by atoms with Gasteiger partial charge in [0.25, 0.3) is 0 Å². The zero-order chi connectivity index (χ0) is 27.9. The van der Waals surface area contributed by atoms with Crippen LogP contribution in [0.1, 0.15) is 40.9 Å². The van der Waals surface area contributed by atoms with E-state index in [0.717, 1.165) is 34.5 Å². The van der Waals surface area contributed by atoms with Gasteiger partial charge in [0.05, 0.1) is 17.3 Å². The van der Waals surface area contributed by atoms with E-state index in [1.54, 1.807) is 18.7 Å². The topological polar surface area (TPSA) is 105 Å². The summed E-state index contributed by atoms with van der Waals surface area (Å²) in [4.78, 5) is 28.2. The lowest BCUT2D eigenvalue weighted by Crippen LogP contribution is -2.44. The first kappa shape index (κ1) is 27.1. The molecule has 206 valence electrons. The molecule has 2 amide bonds. The molecule has 2 aliphatic rings. The number of fused-ring (bicyclic) bond motifs is 1. The van der Waals surface area contributed by atoms with Crippen molar-refractivity contribution in [2.75, 3.05) is 29.9 Å². The monoisotopic (exact) mass is 549 g/mol. The molecule has 0 bridgehead atoms. The van der Waals surface area contributed by atoms with Gasteiger partial charge in [0.15, 0.2) is 0 Å². The minimum absolute atomic E-state index is 0.0442. The van der Waals surface area contributed by atoms with Crippen molar-refractivity contribution < 1.29 is 18.0 Å². The molecule has 2 aliphatic heterocycles. The predicted octanol–water partition coefficient (Wildman–Crippen LogP) is 3.75. The van der Waals surface area contributed by atoms with Crippen molar-refractivity contribution in [3.05, 3.63) is 70.5 Å². The van der Waals surface area contributed by atoms with Crippen LogP contribution in [0.4, 0.5) is 11.4 Å². The highest BCUT2D eigenvalue weighted by Gasteiger charge is 2.37. The Balaban J connectivity index is 1.32. The van der Waals surface area contributed by atoms with E-state index in [1.807, 2.05) is 56.3 Å². The summed E-state index contributed by atoms with van der Waals surface area (Å²) in [5, 5.41) is 7.45. The van der Waals surface area contributed by atoms with Gasteiger partial charge in [-0.1, -0.05) is 30.3 Å². The predicted molar refractivity (Wildman–Crippen MR) is 150 cm³/mol. The van der Waals surface area contributed by atoms with Gasteiger partial charge in [-0.05, 0) is 75.8 Å². The molecule has 0 spiro atoms. The van der Waals surface area contributed by atoms with E-state index >= 15 is 0 Å². The lowest BCUT2D eigenvalue weighted by Gasteiger charge is -2.31. The Kier molecular flexibility index (Phi) is 7.35. The molecular weight excluding hydrogens is 514 g/mol. The third-order valence-electron chi connectivity index (χ3n) is 7.79. The number of amides is 2. The van der Waals surface area contributed by atoms with Crippen molar-refractivity contribution in [2.24, 2.45) is 5.92 Å². The number of sulfonamides is 1. The quantitative estimate of drug-likeness (QED) is 0.504. The Morgan fingerprint density at radius 3 is 2.62 bits per heavy atom. The maximum atomic E-state index is 13.8. The number of nitrogens with one attached hydrogen (secondary N) is 1. The molecule has 1 aromatic heterocycles. The zero-order valence-electron chi connectivity index (χ0n) is 22.9. The van der Waals surface area contributed by atoms with Gasteiger partial charge in [0.2, 0.25) is 21.8 Å². The molecule has 10 heteroatoms. The van der Waals surface area contributed by atoms with Crippen molar-refractivity contribution in [3.63, 3.8) is 0 Å². The molecule has 0 radical (unpaired) electrons. The number of aryl methyl sites for hydroxylation is 3. The summed E-state index contributed by atoms with van der Waals surface area (Å²) in [6.45, 7) is 8.23. The Labute approximate surface area is 229 Å². The Morgan fingerprint density at radius 1 is 1.05 bits per heavy atom. The van der Waals surface area contributed by atoms with Gasteiger partial charge in [0, 0.05) is 31.0 Å². The number of hydrogen-bond acceptors (Lipinski definition) is 5. The summed E-state index contributed by atoms with van der Waals surface area (Å²) >= 11 is 0. The number of carbonyl (C=O) groups is 2. The molecule has 0 saturated carbocycles. The van der Waals surface area contributed by atoms with Crippen LogP contribution in [0.15, 0.2) is 47.4 Å². The van der Waals surface area contributed by atoms with E-state index < -0.39 is 15.9 Å². The average molecular weight is 550 g/mol. The Bertz CT molecular complexity index is 1540. The fourth-order valence-corrected chi connectivity index (χ4v) is 7.52. The van der Waals surface area contributed by atoms with Crippen LogP contribution in [0, 0.1) is 33.6 Å². The van der Waals surface area contributed by atoms with Crippen molar-refractivity contribution in [3.8, 4) is 0 Å². The van der Waals surface area contributed by atoms with Gasteiger partial charge in [-0.3, -0.25) is 14.3 Å². The van der Waals surface area contributed by atoms with Crippen LogP contribution < -0.4 is 10.2 Å². The average Bonchev–Trinajstić information content (AvgIpc) is 3.46. The summed E-state index contributed by atoms with van der Waals surface area (Å²) in [5.41, 5.74) is 5.55. The van der Waals surface area contributed by atoms with Crippen LogP contribution in [-0.2, 0) is 32.6 Å². The van der Waals surface area contributed by atoms with Crippen LogP contribution in [0.2, 0.25) is 0 Å². The first-order valence-corrected chi connectivity index (χ1v) is 14.8. The van der Waals surface area contributed by atoms with Crippen LogP contribution in [0.25, 0.3) is 0 Å². The SMILES string of the molecule is Cc1ccc(C)c(NC(=O)C2CCCN(S(=O)(=O)c3c(C)nn(CC(=O)N4CCc5ccccc54)c3C)C2)c1.